The van der Waals surface area contributed by atoms with Gasteiger partial charge in [0.1, 0.15) is 17.2 Å². The molecule has 0 N–H and O–H groups in total. The van der Waals surface area contributed by atoms with Crippen LogP contribution < -0.4 is 11.2 Å². The molecule has 24 heavy (non-hydrogen) atoms. The maximum atomic E-state index is 14.2. The summed E-state index contributed by atoms with van der Waals surface area (Å²) in [5.74, 6) is -0.957. The van der Waals surface area contributed by atoms with Crippen LogP contribution in [0.2, 0.25) is 4.47 Å². The van der Waals surface area contributed by atoms with Gasteiger partial charge in [-0.1, -0.05) is 11.6 Å². The zero-order valence-corrected chi connectivity index (χ0v) is 13.3. The number of rotatable bonds is 1. The van der Waals surface area contributed by atoms with Crippen LogP contribution in [0.15, 0.2) is 27.8 Å². The van der Waals surface area contributed by atoms with Gasteiger partial charge < -0.3 is 0 Å². The summed E-state index contributed by atoms with van der Waals surface area (Å²) in [7, 11) is 0.846. The van der Waals surface area contributed by atoms with Crippen molar-refractivity contribution in [2.75, 3.05) is 0 Å². The first-order valence-electron chi connectivity index (χ1n) is 6.26. The van der Waals surface area contributed by atoms with Gasteiger partial charge in [-0.15, -0.1) is 11.3 Å². The van der Waals surface area contributed by atoms with E-state index in [0.717, 1.165) is 24.5 Å². The lowest BCUT2D eigenvalue weighted by atomic mass is 10.2. The van der Waals surface area contributed by atoms with E-state index in [1.165, 1.54) is 6.07 Å². The molecule has 0 aliphatic heterocycles. The molecule has 0 unspecified atom stereocenters. The number of hydrogen-bond acceptors (Lipinski definition) is 4. The molecule has 0 amide bonds. The highest BCUT2D eigenvalue weighted by atomic mass is 35.5. The highest BCUT2D eigenvalue weighted by Gasteiger charge is 2.35. The van der Waals surface area contributed by atoms with Crippen molar-refractivity contribution in [1.29, 1.82) is 0 Å². The molecular formula is C13H6ClF4N3O2S. The van der Waals surface area contributed by atoms with Gasteiger partial charge in [-0.05, 0) is 12.1 Å². The van der Waals surface area contributed by atoms with Crippen LogP contribution in [0, 0.1) is 5.82 Å². The molecule has 0 atom stereocenters. The molecule has 5 nitrogen and oxygen atoms in total. The number of alkyl halides is 3. The third-order valence-corrected chi connectivity index (χ3v) is 4.47. The summed E-state index contributed by atoms with van der Waals surface area (Å²) in [5, 5.41) is 0. The standard InChI is InChI=1S/C13H6ClF4N3O2S/c1-20-7(13(16,17)18)4-8(22)21(12(20)23)9-5(15)2-3-6-10(9)24-11(14)19-6/h2-4H,1H3. The number of thiazole rings is 1. The lowest BCUT2D eigenvalue weighted by Crippen LogP contribution is -2.41. The predicted octanol–water partition coefficient (Wildman–Crippen LogP) is 2.96. The predicted molar refractivity (Wildman–Crippen MR) is 80.4 cm³/mol. The molecule has 11 heteroatoms. The fourth-order valence-electron chi connectivity index (χ4n) is 2.24. The van der Waals surface area contributed by atoms with Crippen molar-refractivity contribution >= 4 is 33.2 Å². The second-order valence-corrected chi connectivity index (χ2v) is 6.33. The first kappa shape index (κ1) is 16.7. The van der Waals surface area contributed by atoms with Gasteiger partial charge in [-0.25, -0.2) is 18.7 Å². The molecule has 3 aromatic rings. The largest absolute Gasteiger partial charge is 0.431 e. The zero-order valence-electron chi connectivity index (χ0n) is 11.7. The van der Waals surface area contributed by atoms with E-state index in [9.17, 15) is 27.2 Å². The number of benzene rings is 1. The second kappa shape index (κ2) is 5.42. The van der Waals surface area contributed by atoms with Gasteiger partial charge in [0, 0.05) is 13.1 Å². The van der Waals surface area contributed by atoms with Gasteiger partial charge in [0.25, 0.3) is 5.56 Å². The summed E-state index contributed by atoms with van der Waals surface area (Å²) in [4.78, 5) is 28.3. The van der Waals surface area contributed by atoms with Gasteiger partial charge in [-0.3, -0.25) is 9.36 Å². The maximum absolute atomic E-state index is 14.2. The van der Waals surface area contributed by atoms with Crippen molar-refractivity contribution in [1.82, 2.24) is 14.1 Å². The minimum Gasteiger partial charge on any atom is -0.292 e. The number of hydrogen-bond donors (Lipinski definition) is 0. The van der Waals surface area contributed by atoms with Crippen molar-refractivity contribution in [3.8, 4) is 5.69 Å². The van der Waals surface area contributed by atoms with Crippen LogP contribution >= 0.6 is 22.9 Å². The molecule has 0 saturated heterocycles. The molecule has 0 spiro atoms. The van der Waals surface area contributed by atoms with Gasteiger partial charge in [0.15, 0.2) is 4.47 Å². The SMILES string of the molecule is Cn1c(C(F)(F)F)cc(=O)n(-c2c(F)ccc3nc(Cl)sc23)c1=O. The van der Waals surface area contributed by atoms with Crippen LogP contribution in [0.5, 0.6) is 0 Å². The molecule has 126 valence electrons. The normalized spacial score (nSPS) is 12.1. The monoisotopic (exact) mass is 379 g/mol. The Morgan fingerprint density at radius 2 is 1.92 bits per heavy atom. The summed E-state index contributed by atoms with van der Waals surface area (Å²) >= 11 is 6.56. The molecule has 2 aromatic heterocycles. The Morgan fingerprint density at radius 1 is 1.25 bits per heavy atom. The second-order valence-electron chi connectivity index (χ2n) is 4.75. The van der Waals surface area contributed by atoms with Gasteiger partial charge in [0.2, 0.25) is 0 Å². The summed E-state index contributed by atoms with van der Waals surface area (Å²) < 4.78 is 53.6. The van der Waals surface area contributed by atoms with Crippen molar-refractivity contribution in [2.45, 2.75) is 6.18 Å². The van der Waals surface area contributed by atoms with Crippen LogP contribution in [0.1, 0.15) is 5.69 Å². The maximum Gasteiger partial charge on any atom is 0.431 e. The van der Waals surface area contributed by atoms with Crippen LogP contribution in [-0.2, 0) is 13.2 Å². The van der Waals surface area contributed by atoms with Crippen molar-refractivity contribution < 1.29 is 17.6 Å². The number of fused-ring (bicyclic) bond motifs is 1. The molecule has 3 rings (SSSR count). The smallest absolute Gasteiger partial charge is 0.292 e. The zero-order chi connectivity index (χ0) is 17.8. The minimum atomic E-state index is -4.90. The lowest BCUT2D eigenvalue weighted by molar-refractivity contribution is -0.144. The van der Waals surface area contributed by atoms with Crippen molar-refractivity contribution in [3.63, 3.8) is 0 Å². The third-order valence-electron chi connectivity index (χ3n) is 3.29. The van der Waals surface area contributed by atoms with E-state index in [2.05, 4.69) is 4.98 Å². The van der Waals surface area contributed by atoms with E-state index in [0.29, 0.717) is 4.57 Å². The van der Waals surface area contributed by atoms with Crippen molar-refractivity contribution in [3.05, 3.63) is 55.0 Å². The molecule has 2 heterocycles. The summed E-state index contributed by atoms with van der Waals surface area (Å²) in [6.07, 6.45) is -4.90. The van der Waals surface area contributed by atoms with E-state index in [1.54, 1.807) is 0 Å². The van der Waals surface area contributed by atoms with Gasteiger partial charge in [0.05, 0.1) is 10.2 Å². The number of halogens is 5. The lowest BCUT2D eigenvalue weighted by Gasteiger charge is -2.14. The van der Waals surface area contributed by atoms with E-state index in [-0.39, 0.29) is 25.3 Å². The first-order valence-corrected chi connectivity index (χ1v) is 7.46. The molecule has 0 saturated carbocycles. The average Bonchev–Trinajstić information content (AvgIpc) is 2.84. The summed E-state index contributed by atoms with van der Waals surface area (Å²) in [6, 6.07) is 2.48. The van der Waals surface area contributed by atoms with Gasteiger partial charge in [-0.2, -0.15) is 13.2 Å². The molecule has 0 radical (unpaired) electrons. The highest BCUT2D eigenvalue weighted by Crippen LogP contribution is 2.32. The number of aromatic nitrogens is 3. The van der Waals surface area contributed by atoms with Crippen LogP contribution in [0.25, 0.3) is 15.9 Å². The fraction of sp³-hybridized carbons (Fsp3) is 0.154. The molecular weight excluding hydrogens is 374 g/mol. The van der Waals surface area contributed by atoms with E-state index < -0.39 is 34.6 Å². The van der Waals surface area contributed by atoms with Crippen LogP contribution in [-0.4, -0.2) is 14.1 Å². The van der Waals surface area contributed by atoms with E-state index >= 15 is 0 Å². The quantitative estimate of drug-likeness (QED) is 0.611. The number of nitrogens with zero attached hydrogens (tertiary/aromatic N) is 3. The molecule has 0 aliphatic rings. The van der Waals surface area contributed by atoms with Crippen molar-refractivity contribution in [2.24, 2.45) is 7.05 Å². The Morgan fingerprint density at radius 3 is 2.54 bits per heavy atom. The van der Waals surface area contributed by atoms with E-state index in [1.807, 2.05) is 0 Å². The average molecular weight is 380 g/mol. The Balaban J connectivity index is 2.45. The Bertz CT molecular complexity index is 1080. The fourth-order valence-corrected chi connectivity index (χ4v) is 3.38. The van der Waals surface area contributed by atoms with Crippen LogP contribution in [0.4, 0.5) is 17.6 Å². The Labute approximate surface area is 139 Å². The highest BCUT2D eigenvalue weighted by molar-refractivity contribution is 7.22. The first-order chi connectivity index (χ1) is 11.1. The molecule has 0 aliphatic carbocycles. The molecule has 0 fully saturated rings. The van der Waals surface area contributed by atoms with E-state index in [4.69, 9.17) is 11.6 Å². The topological polar surface area (TPSA) is 56.9 Å². The summed E-state index contributed by atoms with van der Waals surface area (Å²) in [5.41, 5.74) is -4.32. The Kier molecular flexibility index (Phi) is 3.76. The molecule has 0 bridgehead atoms. The Hall–Kier alpha value is -2.20. The third kappa shape index (κ3) is 2.51. The van der Waals surface area contributed by atoms with Gasteiger partial charge >= 0.3 is 11.9 Å². The summed E-state index contributed by atoms with van der Waals surface area (Å²) in [6.45, 7) is 0. The molecule has 1 aromatic carbocycles. The minimum absolute atomic E-state index is 0.0358. The van der Waals surface area contributed by atoms with Crippen LogP contribution in [0.3, 0.4) is 0 Å².